The maximum Gasteiger partial charge on any atom is 0.337 e. The van der Waals surface area contributed by atoms with Crippen molar-refractivity contribution >= 4 is 40.1 Å². The minimum absolute atomic E-state index is 0.0817. The zero-order valence-electron chi connectivity index (χ0n) is 14.9. The zero-order valence-corrected chi connectivity index (χ0v) is 15.7. The van der Waals surface area contributed by atoms with Crippen LogP contribution in [0.3, 0.4) is 0 Å². The number of thioether (sulfide) groups is 1. The Morgan fingerprint density at radius 1 is 1.19 bits per heavy atom. The molecule has 3 rings (SSSR count). The molecule has 1 aromatic heterocycles. The number of rotatable bonds is 6. The van der Waals surface area contributed by atoms with E-state index >= 15 is 0 Å². The van der Waals surface area contributed by atoms with Crippen LogP contribution in [-0.4, -0.2) is 23.4 Å². The molecule has 0 aliphatic carbocycles. The van der Waals surface area contributed by atoms with Gasteiger partial charge in [0.1, 0.15) is 5.82 Å². The molecule has 27 heavy (non-hydrogen) atoms. The van der Waals surface area contributed by atoms with E-state index in [1.807, 2.05) is 13.8 Å². The van der Waals surface area contributed by atoms with Crippen LogP contribution < -0.4 is 10.3 Å². The number of carboxylic acid groups (broad SMARTS) is 1. The number of benzene rings is 2. The van der Waals surface area contributed by atoms with Gasteiger partial charge >= 0.3 is 5.97 Å². The van der Waals surface area contributed by atoms with Gasteiger partial charge in [-0.3, -0.25) is 4.79 Å². The first-order valence-corrected chi connectivity index (χ1v) is 9.44. The first-order valence-electron chi connectivity index (χ1n) is 8.46. The smallest absolute Gasteiger partial charge is 0.337 e. The van der Waals surface area contributed by atoms with E-state index in [1.165, 1.54) is 30.0 Å². The molecule has 0 bridgehead atoms. The molecule has 140 valence electrons. The Morgan fingerprint density at radius 2 is 1.93 bits per heavy atom. The largest absolute Gasteiger partial charge is 0.478 e. The lowest BCUT2D eigenvalue weighted by Gasteiger charge is -2.25. The predicted octanol–water partition coefficient (Wildman–Crippen LogP) is 4.90. The third kappa shape index (κ3) is 3.68. The number of nitrogens with zero attached hydrogens (tertiary/aromatic N) is 1. The number of halogens is 1. The molecule has 0 spiro atoms. The normalized spacial score (nSPS) is 10.9. The van der Waals surface area contributed by atoms with E-state index in [0.717, 1.165) is 6.07 Å². The Morgan fingerprint density at radius 3 is 2.59 bits per heavy atom. The SMILES string of the molecule is CCSc1cc(=O)c2cc(F)cc(N(CC)c3ccccc3C(=O)O)c2o1. The van der Waals surface area contributed by atoms with Gasteiger partial charge in [0, 0.05) is 18.7 Å². The average Bonchev–Trinajstić information content (AvgIpc) is 2.64. The van der Waals surface area contributed by atoms with Gasteiger partial charge in [-0.05, 0) is 30.9 Å². The van der Waals surface area contributed by atoms with E-state index in [1.54, 1.807) is 23.1 Å². The van der Waals surface area contributed by atoms with Gasteiger partial charge in [0.25, 0.3) is 0 Å². The molecule has 0 saturated heterocycles. The van der Waals surface area contributed by atoms with Crippen molar-refractivity contribution in [1.29, 1.82) is 0 Å². The highest BCUT2D eigenvalue weighted by Gasteiger charge is 2.21. The third-order valence-corrected chi connectivity index (χ3v) is 4.84. The lowest BCUT2D eigenvalue weighted by atomic mass is 10.1. The van der Waals surface area contributed by atoms with Crippen LogP contribution in [0.4, 0.5) is 15.8 Å². The summed E-state index contributed by atoms with van der Waals surface area (Å²) in [6.07, 6.45) is 0. The monoisotopic (exact) mass is 387 g/mol. The van der Waals surface area contributed by atoms with Crippen molar-refractivity contribution in [2.24, 2.45) is 0 Å². The molecule has 5 nitrogen and oxygen atoms in total. The topological polar surface area (TPSA) is 70.8 Å². The van der Waals surface area contributed by atoms with E-state index in [2.05, 4.69) is 0 Å². The van der Waals surface area contributed by atoms with Crippen molar-refractivity contribution in [3.8, 4) is 0 Å². The van der Waals surface area contributed by atoms with Crippen molar-refractivity contribution in [3.63, 3.8) is 0 Å². The van der Waals surface area contributed by atoms with E-state index in [4.69, 9.17) is 4.42 Å². The summed E-state index contributed by atoms with van der Waals surface area (Å²) in [6, 6.07) is 10.2. The molecular formula is C20H18FNO4S. The summed E-state index contributed by atoms with van der Waals surface area (Å²) in [5, 5.41) is 10.1. The Kier molecular flexibility index (Phi) is 5.51. The van der Waals surface area contributed by atoms with Gasteiger partial charge in [0.15, 0.2) is 16.1 Å². The highest BCUT2D eigenvalue weighted by atomic mass is 32.2. The Balaban J connectivity index is 2.31. The molecule has 0 unspecified atom stereocenters. The van der Waals surface area contributed by atoms with Crippen LogP contribution in [0.15, 0.2) is 56.8 Å². The van der Waals surface area contributed by atoms with E-state index < -0.39 is 11.8 Å². The summed E-state index contributed by atoms with van der Waals surface area (Å²) in [5.41, 5.74) is 0.697. The zero-order chi connectivity index (χ0) is 19.6. The lowest BCUT2D eigenvalue weighted by molar-refractivity contribution is 0.0697. The molecule has 7 heteroatoms. The number of para-hydroxylation sites is 1. The molecule has 0 radical (unpaired) electrons. The molecule has 1 N–H and O–H groups in total. The number of hydrogen-bond donors (Lipinski definition) is 1. The van der Waals surface area contributed by atoms with Crippen LogP contribution in [0.2, 0.25) is 0 Å². The Hall–Kier alpha value is -2.80. The lowest BCUT2D eigenvalue weighted by Crippen LogP contribution is -2.20. The maximum absolute atomic E-state index is 14.3. The van der Waals surface area contributed by atoms with Crippen molar-refractivity contribution in [2.45, 2.75) is 18.9 Å². The van der Waals surface area contributed by atoms with Crippen LogP contribution in [0, 0.1) is 5.82 Å². The maximum atomic E-state index is 14.3. The molecule has 0 saturated carbocycles. The second-order valence-electron chi connectivity index (χ2n) is 5.73. The second kappa shape index (κ2) is 7.84. The average molecular weight is 387 g/mol. The second-order valence-corrected chi connectivity index (χ2v) is 7.00. The first-order chi connectivity index (χ1) is 13.0. The standard InChI is InChI=1S/C20H18FNO4S/c1-3-22(15-8-6-5-7-13(15)20(24)25)16-10-12(21)9-14-17(23)11-18(27-4-2)26-19(14)16/h5-11H,3-4H2,1-2H3,(H,24,25). The summed E-state index contributed by atoms with van der Waals surface area (Å²) in [5.74, 6) is -0.968. The molecule has 2 aromatic carbocycles. The van der Waals surface area contributed by atoms with Crippen LogP contribution in [0.25, 0.3) is 11.0 Å². The van der Waals surface area contributed by atoms with Gasteiger partial charge in [-0.25, -0.2) is 9.18 Å². The minimum Gasteiger partial charge on any atom is -0.478 e. The van der Waals surface area contributed by atoms with E-state index in [9.17, 15) is 19.1 Å². The number of hydrogen-bond acceptors (Lipinski definition) is 5. The number of carbonyl (C=O) groups is 1. The highest BCUT2D eigenvalue weighted by Crippen LogP contribution is 2.35. The third-order valence-electron chi connectivity index (χ3n) is 4.07. The molecule has 0 atom stereocenters. The molecule has 0 fully saturated rings. The van der Waals surface area contributed by atoms with Crippen molar-refractivity contribution in [3.05, 3.63) is 64.1 Å². The fourth-order valence-corrected chi connectivity index (χ4v) is 3.58. The van der Waals surface area contributed by atoms with Crippen LogP contribution >= 0.6 is 11.8 Å². The van der Waals surface area contributed by atoms with Crippen molar-refractivity contribution in [2.75, 3.05) is 17.2 Å². The van der Waals surface area contributed by atoms with Gasteiger partial charge in [-0.1, -0.05) is 30.8 Å². The molecule has 1 heterocycles. The van der Waals surface area contributed by atoms with Gasteiger partial charge in [-0.15, -0.1) is 0 Å². The predicted molar refractivity (Wildman–Crippen MR) is 105 cm³/mol. The van der Waals surface area contributed by atoms with Crippen molar-refractivity contribution in [1.82, 2.24) is 0 Å². The number of anilines is 2. The first kappa shape index (κ1) is 19.0. The summed E-state index contributed by atoms with van der Waals surface area (Å²) < 4.78 is 20.1. The van der Waals surface area contributed by atoms with Crippen LogP contribution in [0.1, 0.15) is 24.2 Å². The van der Waals surface area contributed by atoms with E-state index in [-0.39, 0.29) is 22.0 Å². The summed E-state index contributed by atoms with van der Waals surface area (Å²) in [4.78, 5) is 25.7. The van der Waals surface area contributed by atoms with Crippen LogP contribution in [-0.2, 0) is 0 Å². The molecule has 0 aliphatic rings. The van der Waals surface area contributed by atoms with E-state index in [0.29, 0.717) is 28.8 Å². The summed E-state index contributed by atoms with van der Waals surface area (Å²) in [6.45, 7) is 4.11. The fourth-order valence-electron chi connectivity index (χ4n) is 2.96. The van der Waals surface area contributed by atoms with Gasteiger partial charge in [0.2, 0.25) is 0 Å². The number of fused-ring (bicyclic) bond motifs is 1. The van der Waals surface area contributed by atoms with Crippen LogP contribution in [0.5, 0.6) is 0 Å². The Bertz CT molecular complexity index is 1060. The quantitative estimate of drug-likeness (QED) is 0.607. The van der Waals surface area contributed by atoms with Crippen molar-refractivity contribution < 1.29 is 18.7 Å². The van der Waals surface area contributed by atoms with Gasteiger partial charge in [-0.2, -0.15) is 0 Å². The van der Waals surface area contributed by atoms with Gasteiger partial charge < -0.3 is 14.4 Å². The highest BCUT2D eigenvalue weighted by molar-refractivity contribution is 7.99. The Labute approximate surface area is 159 Å². The number of aromatic carboxylic acids is 1. The summed E-state index contributed by atoms with van der Waals surface area (Å²) >= 11 is 1.37. The molecule has 0 amide bonds. The minimum atomic E-state index is -1.09. The molecule has 0 aliphatic heterocycles. The summed E-state index contributed by atoms with van der Waals surface area (Å²) in [7, 11) is 0. The molecular weight excluding hydrogens is 369 g/mol. The number of carboxylic acids is 1. The van der Waals surface area contributed by atoms with Gasteiger partial charge in [0.05, 0.1) is 22.3 Å². The molecule has 3 aromatic rings. The fraction of sp³-hybridized carbons (Fsp3) is 0.200.